The first-order chi connectivity index (χ1) is 6.66. The van der Waals surface area contributed by atoms with E-state index >= 15 is 0 Å². The molecule has 2 nitrogen and oxygen atoms in total. The minimum Gasteiger partial charge on any atom is -0.389 e. The van der Waals surface area contributed by atoms with Crippen molar-refractivity contribution in [3.63, 3.8) is 0 Å². The third kappa shape index (κ3) is 3.65. The Morgan fingerprint density at radius 1 is 1.64 bits per heavy atom. The van der Waals surface area contributed by atoms with Crippen molar-refractivity contribution in [2.24, 2.45) is 0 Å². The highest BCUT2D eigenvalue weighted by atomic mass is 28.3. The average molecular weight is 209 g/mol. The number of aliphatic hydroxyl groups is 1. The Morgan fingerprint density at radius 3 is 3.14 bits per heavy atom. The zero-order chi connectivity index (χ0) is 10.4. The van der Waals surface area contributed by atoms with Gasteiger partial charge in [-0.2, -0.15) is 0 Å². The third-order valence-corrected chi connectivity index (χ3v) is 7.49. The molecule has 1 heterocycles. The second kappa shape index (κ2) is 5.33. The van der Waals surface area contributed by atoms with E-state index in [0.717, 1.165) is 18.9 Å². The summed E-state index contributed by atoms with van der Waals surface area (Å²) < 4.78 is 0. The van der Waals surface area contributed by atoms with Gasteiger partial charge in [-0.1, -0.05) is 30.8 Å². The molecule has 0 aromatic heterocycles. The Hall–Kier alpha value is -0.593. The summed E-state index contributed by atoms with van der Waals surface area (Å²) in [6.45, 7) is 9.77. The number of rotatable bonds is 3. The van der Waals surface area contributed by atoms with Crippen LogP contribution in [-0.2, 0) is 0 Å². The quantitative estimate of drug-likeness (QED) is 0.329. The van der Waals surface area contributed by atoms with Gasteiger partial charge in [0.2, 0.25) is 6.54 Å². The van der Waals surface area contributed by atoms with Crippen LogP contribution in [0, 0.1) is 6.57 Å². The minimum absolute atomic E-state index is 0.220. The van der Waals surface area contributed by atoms with E-state index in [1.54, 1.807) is 0 Å². The van der Waals surface area contributed by atoms with Crippen LogP contribution in [0.25, 0.3) is 4.85 Å². The first kappa shape index (κ1) is 11.5. The van der Waals surface area contributed by atoms with Gasteiger partial charge in [0.05, 0.1) is 14.2 Å². The summed E-state index contributed by atoms with van der Waals surface area (Å²) in [4.78, 5) is 3.39. The molecule has 1 N–H and O–H groups in total. The van der Waals surface area contributed by atoms with E-state index in [-0.39, 0.29) is 6.10 Å². The van der Waals surface area contributed by atoms with Crippen molar-refractivity contribution in [2.45, 2.75) is 43.6 Å². The summed E-state index contributed by atoms with van der Waals surface area (Å²) in [6, 6.07) is 3.47. The van der Waals surface area contributed by atoms with Crippen molar-refractivity contribution in [2.75, 3.05) is 6.54 Å². The van der Waals surface area contributed by atoms with Gasteiger partial charge < -0.3 is 9.95 Å². The molecule has 14 heavy (non-hydrogen) atoms. The highest BCUT2D eigenvalue weighted by molar-refractivity contribution is 6.78. The lowest BCUT2D eigenvalue weighted by molar-refractivity contribution is 0.242. The predicted octanol–water partition coefficient (Wildman–Crippen LogP) is 2.70. The summed E-state index contributed by atoms with van der Waals surface area (Å²) in [5, 5.41) is 9.67. The van der Waals surface area contributed by atoms with Crippen LogP contribution in [0.15, 0.2) is 12.2 Å². The van der Waals surface area contributed by atoms with Gasteiger partial charge in [0, 0.05) is 6.42 Å². The molecular weight excluding hydrogens is 190 g/mol. The molecule has 0 saturated heterocycles. The van der Waals surface area contributed by atoms with Crippen LogP contribution in [0.2, 0.25) is 24.7 Å². The molecule has 2 atom stereocenters. The molecule has 0 radical (unpaired) electrons. The van der Waals surface area contributed by atoms with Crippen LogP contribution >= 0.6 is 0 Å². The molecule has 0 saturated carbocycles. The summed E-state index contributed by atoms with van der Waals surface area (Å²) in [6.07, 6.45) is 5.98. The number of hydrogen-bond donors (Lipinski definition) is 1. The monoisotopic (exact) mass is 209 g/mol. The molecule has 0 amide bonds. The normalized spacial score (nSPS) is 32.2. The standard InChI is InChI=1S/C11H19NOSi/c1-12-7-5-9-14(2)8-4-3-6-11(13)10-14/h3,6,11,13H,4-5,7-10H2,2H3/t11-,14?/m0/s1. The van der Waals surface area contributed by atoms with Crippen molar-refractivity contribution in [1.82, 2.24) is 0 Å². The van der Waals surface area contributed by atoms with Gasteiger partial charge in [-0.3, -0.25) is 0 Å². The van der Waals surface area contributed by atoms with E-state index < -0.39 is 8.07 Å². The molecule has 0 fully saturated rings. The number of allylic oxidation sites excluding steroid dienone is 1. The van der Waals surface area contributed by atoms with Gasteiger partial charge in [-0.25, -0.2) is 6.57 Å². The van der Waals surface area contributed by atoms with Crippen molar-refractivity contribution >= 4 is 8.07 Å². The molecule has 0 aromatic carbocycles. The second-order valence-corrected chi connectivity index (χ2v) is 9.56. The first-order valence-corrected chi connectivity index (χ1v) is 8.46. The van der Waals surface area contributed by atoms with E-state index in [1.165, 1.54) is 12.1 Å². The molecular formula is C11H19NOSi. The number of hydrogen-bond acceptors (Lipinski definition) is 1. The zero-order valence-corrected chi connectivity index (χ0v) is 9.87. The Bertz CT molecular complexity index is 246. The summed E-state index contributed by atoms with van der Waals surface area (Å²) in [5.41, 5.74) is 0. The van der Waals surface area contributed by atoms with E-state index in [0.29, 0.717) is 6.54 Å². The molecule has 0 aromatic rings. The Balaban J connectivity index is 2.43. The smallest absolute Gasteiger partial charge is 0.214 e. The second-order valence-electron chi connectivity index (χ2n) is 4.53. The van der Waals surface area contributed by atoms with Gasteiger partial charge in [-0.15, -0.1) is 0 Å². The van der Waals surface area contributed by atoms with Crippen molar-refractivity contribution in [3.8, 4) is 0 Å². The fraction of sp³-hybridized carbons (Fsp3) is 0.727. The summed E-state index contributed by atoms with van der Waals surface area (Å²) in [5.74, 6) is 0. The molecule has 0 aliphatic carbocycles. The maximum atomic E-state index is 9.67. The van der Waals surface area contributed by atoms with E-state index in [4.69, 9.17) is 6.57 Å². The molecule has 78 valence electrons. The lowest BCUT2D eigenvalue weighted by Gasteiger charge is -2.26. The predicted molar refractivity (Wildman–Crippen MR) is 61.9 cm³/mol. The lowest BCUT2D eigenvalue weighted by atomic mass is 10.3. The molecule has 0 bridgehead atoms. The van der Waals surface area contributed by atoms with Crippen LogP contribution in [-0.4, -0.2) is 25.8 Å². The maximum absolute atomic E-state index is 9.67. The van der Waals surface area contributed by atoms with Gasteiger partial charge in [0.1, 0.15) is 0 Å². The van der Waals surface area contributed by atoms with Gasteiger partial charge in [0.15, 0.2) is 0 Å². The average Bonchev–Trinajstić information content (AvgIpc) is 2.28. The molecule has 1 rings (SSSR count). The lowest BCUT2D eigenvalue weighted by Crippen LogP contribution is -2.32. The largest absolute Gasteiger partial charge is 0.389 e. The fourth-order valence-corrected chi connectivity index (χ4v) is 5.85. The topological polar surface area (TPSA) is 24.6 Å². The third-order valence-electron chi connectivity index (χ3n) is 3.02. The van der Waals surface area contributed by atoms with Crippen LogP contribution < -0.4 is 0 Å². The highest BCUT2D eigenvalue weighted by Gasteiger charge is 2.29. The first-order valence-electron chi connectivity index (χ1n) is 5.34. The fourth-order valence-electron chi connectivity index (χ4n) is 2.17. The van der Waals surface area contributed by atoms with E-state index in [1.807, 2.05) is 6.08 Å². The number of aliphatic hydroxyl groups excluding tert-OH is 1. The molecule has 1 aliphatic heterocycles. The summed E-state index contributed by atoms with van der Waals surface area (Å²) >= 11 is 0. The van der Waals surface area contributed by atoms with Crippen LogP contribution in [0.4, 0.5) is 0 Å². The Labute approximate surface area is 87.5 Å². The molecule has 0 spiro atoms. The van der Waals surface area contributed by atoms with Gasteiger partial charge in [0.25, 0.3) is 0 Å². The molecule has 3 heteroatoms. The van der Waals surface area contributed by atoms with Gasteiger partial charge in [-0.05, 0) is 12.5 Å². The zero-order valence-electron chi connectivity index (χ0n) is 8.87. The van der Waals surface area contributed by atoms with Crippen molar-refractivity contribution in [3.05, 3.63) is 23.6 Å². The van der Waals surface area contributed by atoms with Crippen LogP contribution in [0.1, 0.15) is 12.8 Å². The van der Waals surface area contributed by atoms with E-state index in [9.17, 15) is 5.11 Å². The van der Waals surface area contributed by atoms with Gasteiger partial charge >= 0.3 is 0 Å². The Kier molecular flexibility index (Phi) is 4.37. The minimum atomic E-state index is -1.24. The Morgan fingerprint density at radius 2 is 2.43 bits per heavy atom. The maximum Gasteiger partial charge on any atom is 0.214 e. The van der Waals surface area contributed by atoms with E-state index in [2.05, 4.69) is 17.5 Å². The van der Waals surface area contributed by atoms with Crippen molar-refractivity contribution in [1.29, 1.82) is 0 Å². The van der Waals surface area contributed by atoms with Crippen LogP contribution in [0.5, 0.6) is 0 Å². The van der Waals surface area contributed by atoms with Crippen molar-refractivity contribution < 1.29 is 5.11 Å². The molecule has 1 unspecified atom stereocenters. The SMILES string of the molecule is [C-]#[N+]CCC[Si]1(C)CCC=C[C@H](O)C1. The molecule has 1 aliphatic rings. The van der Waals surface area contributed by atoms with Crippen LogP contribution in [0.3, 0.4) is 0 Å². The number of nitrogens with zero attached hydrogens (tertiary/aromatic N) is 1. The summed E-state index contributed by atoms with van der Waals surface area (Å²) in [7, 11) is -1.24. The highest BCUT2D eigenvalue weighted by Crippen LogP contribution is 2.28.